The highest BCUT2D eigenvalue weighted by molar-refractivity contribution is 7.90. The number of morpholine rings is 1. The molecule has 126 valence electrons. The van der Waals surface area contributed by atoms with Crippen LogP contribution in [-0.2, 0) is 14.6 Å². The minimum atomic E-state index is -3.47. The van der Waals surface area contributed by atoms with E-state index in [1.165, 1.54) is 6.07 Å². The Labute approximate surface area is 134 Å². The Kier molecular flexibility index (Phi) is 5.06. The third-order valence-electron chi connectivity index (χ3n) is 3.20. The molecule has 0 amide bonds. The molecule has 0 radical (unpaired) electrons. The number of aliphatic imine (C=N–C) groups is 2. The Balaban J connectivity index is 2.48. The van der Waals surface area contributed by atoms with Crippen molar-refractivity contribution < 1.29 is 13.2 Å². The molecule has 0 atom stereocenters. The predicted molar refractivity (Wildman–Crippen MR) is 89.7 cm³/mol. The van der Waals surface area contributed by atoms with Gasteiger partial charge in [-0.15, -0.1) is 0 Å². The lowest BCUT2D eigenvalue weighted by Crippen LogP contribution is -2.36. The molecular formula is C13H20N6O3S. The van der Waals surface area contributed by atoms with Gasteiger partial charge in [-0.3, -0.25) is 0 Å². The first-order valence-corrected chi connectivity index (χ1v) is 8.77. The van der Waals surface area contributed by atoms with Gasteiger partial charge < -0.3 is 26.8 Å². The number of sulfone groups is 1. The van der Waals surface area contributed by atoms with Gasteiger partial charge in [0.2, 0.25) is 5.96 Å². The molecule has 1 fully saturated rings. The van der Waals surface area contributed by atoms with E-state index in [9.17, 15) is 8.42 Å². The normalized spacial score (nSPS) is 16.2. The molecule has 0 aliphatic carbocycles. The van der Waals surface area contributed by atoms with Gasteiger partial charge in [-0.2, -0.15) is 4.99 Å². The molecule has 1 aliphatic heterocycles. The minimum Gasteiger partial charge on any atom is -0.378 e. The van der Waals surface area contributed by atoms with E-state index >= 15 is 0 Å². The molecule has 0 spiro atoms. The highest BCUT2D eigenvalue weighted by Crippen LogP contribution is 2.30. The monoisotopic (exact) mass is 340 g/mol. The van der Waals surface area contributed by atoms with Crippen LogP contribution in [0.5, 0.6) is 0 Å². The summed E-state index contributed by atoms with van der Waals surface area (Å²) in [6.07, 6.45) is 1.10. The van der Waals surface area contributed by atoms with Crippen LogP contribution in [0.4, 0.5) is 11.4 Å². The average Bonchev–Trinajstić information content (AvgIpc) is 2.46. The number of guanidine groups is 2. The number of hydrogen-bond acceptors (Lipinski definition) is 5. The number of ether oxygens (including phenoxy) is 1. The van der Waals surface area contributed by atoms with Crippen LogP contribution in [0, 0.1) is 0 Å². The highest BCUT2D eigenvalue weighted by Gasteiger charge is 2.17. The number of hydrogen-bond donors (Lipinski definition) is 3. The summed E-state index contributed by atoms with van der Waals surface area (Å²) >= 11 is 0. The van der Waals surface area contributed by atoms with E-state index in [1.807, 2.05) is 0 Å². The van der Waals surface area contributed by atoms with Gasteiger partial charge in [0.15, 0.2) is 15.8 Å². The van der Waals surface area contributed by atoms with Crippen molar-refractivity contribution in [1.82, 2.24) is 0 Å². The molecule has 0 saturated carbocycles. The van der Waals surface area contributed by atoms with Crippen molar-refractivity contribution in [3.05, 3.63) is 18.2 Å². The predicted octanol–water partition coefficient (Wildman–Crippen LogP) is -0.854. The fourth-order valence-electron chi connectivity index (χ4n) is 2.21. The summed E-state index contributed by atoms with van der Waals surface area (Å²) in [4.78, 5) is 9.77. The summed E-state index contributed by atoms with van der Waals surface area (Å²) in [5.41, 5.74) is 17.1. The number of nitrogens with zero attached hydrogens (tertiary/aromatic N) is 3. The van der Waals surface area contributed by atoms with E-state index in [1.54, 1.807) is 12.1 Å². The molecule has 1 aliphatic rings. The number of nitrogens with two attached hydrogens (primary N) is 3. The Hall–Kier alpha value is -2.33. The standard InChI is InChI=1S/C13H20N6O3S/c1-23(20,21)11-3-2-9(19-4-6-22-7-5-19)8-10(11)17-13(16)18-12(14)15/h2-3,8H,4-7H2,1H3,(H6,14,15,16,17,18). The first kappa shape index (κ1) is 17.0. The van der Waals surface area contributed by atoms with Gasteiger partial charge in [0.25, 0.3) is 0 Å². The first-order valence-electron chi connectivity index (χ1n) is 6.88. The lowest BCUT2D eigenvalue weighted by molar-refractivity contribution is 0.122. The fraction of sp³-hybridized carbons (Fsp3) is 0.385. The van der Waals surface area contributed by atoms with Gasteiger partial charge in [0.1, 0.15) is 0 Å². The summed E-state index contributed by atoms with van der Waals surface area (Å²) in [6.45, 7) is 2.65. The largest absolute Gasteiger partial charge is 0.378 e. The Morgan fingerprint density at radius 1 is 1.22 bits per heavy atom. The van der Waals surface area contributed by atoms with Crippen molar-refractivity contribution >= 4 is 33.1 Å². The van der Waals surface area contributed by atoms with E-state index in [0.29, 0.717) is 26.3 Å². The number of anilines is 1. The maximum Gasteiger partial charge on any atom is 0.223 e. The van der Waals surface area contributed by atoms with Crippen LogP contribution in [-0.4, -0.2) is 52.9 Å². The third-order valence-corrected chi connectivity index (χ3v) is 4.34. The summed E-state index contributed by atoms with van der Waals surface area (Å²) in [5.74, 6) is -0.467. The van der Waals surface area contributed by atoms with Crippen molar-refractivity contribution in [1.29, 1.82) is 0 Å². The second-order valence-electron chi connectivity index (χ2n) is 5.03. The van der Waals surface area contributed by atoms with E-state index in [4.69, 9.17) is 21.9 Å². The molecule has 6 N–H and O–H groups in total. The lowest BCUT2D eigenvalue weighted by atomic mass is 10.2. The maximum absolute atomic E-state index is 11.9. The van der Waals surface area contributed by atoms with E-state index < -0.39 is 9.84 Å². The van der Waals surface area contributed by atoms with Gasteiger partial charge in [0.05, 0.1) is 23.8 Å². The smallest absolute Gasteiger partial charge is 0.223 e. The van der Waals surface area contributed by atoms with Gasteiger partial charge >= 0.3 is 0 Å². The molecule has 10 heteroatoms. The Bertz CT molecular complexity index is 734. The third kappa shape index (κ3) is 4.57. The quantitative estimate of drug-likeness (QED) is 0.479. The van der Waals surface area contributed by atoms with Crippen LogP contribution in [0.2, 0.25) is 0 Å². The first-order chi connectivity index (χ1) is 10.8. The van der Waals surface area contributed by atoms with Crippen LogP contribution >= 0.6 is 0 Å². The SMILES string of the molecule is CS(=O)(=O)c1ccc(N2CCOCC2)cc1N=C(N)N=C(N)N. The lowest BCUT2D eigenvalue weighted by Gasteiger charge is -2.29. The average molecular weight is 340 g/mol. The van der Waals surface area contributed by atoms with Crippen LogP contribution in [0.15, 0.2) is 33.1 Å². The maximum atomic E-state index is 11.9. The Morgan fingerprint density at radius 2 is 1.87 bits per heavy atom. The second kappa shape index (κ2) is 6.84. The van der Waals surface area contributed by atoms with E-state index in [2.05, 4.69) is 14.9 Å². The van der Waals surface area contributed by atoms with Crippen molar-refractivity contribution in [2.75, 3.05) is 37.5 Å². The highest BCUT2D eigenvalue weighted by atomic mass is 32.2. The minimum absolute atomic E-state index is 0.0586. The van der Waals surface area contributed by atoms with Gasteiger partial charge in [-0.25, -0.2) is 13.4 Å². The molecule has 9 nitrogen and oxygen atoms in total. The molecule has 1 saturated heterocycles. The van der Waals surface area contributed by atoms with Crippen molar-refractivity contribution in [2.45, 2.75) is 4.90 Å². The van der Waals surface area contributed by atoms with Crippen molar-refractivity contribution in [2.24, 2.45) is 27.2 Å². The summed E-state index contributed by atoms with van der Waals surface area (Å²) in [5, 5.41) is 0. The Morgan fingerprint density at radius 3 is 2.43 bits per heavy atom. The number of benzene rings is 1. The van der Waals surface area contributed by atoms with Gasteiger partial charge in [0, 0.05) is 25.0 Å². The van der Waals surface area contributed by atoms with Gasteiger partial charge in [-0.1, -0.05) is 0 Å². The molecule has 1 aromatic carbocycles. The summed E-state index contributed by atoms with van der Waals surface area (Å²) < 4.78 is 29.1. The van der Waals surface area contributed by atoms with Crippen molar-refractivity contribution in [3.63, 3.8) is 0 Å². The van der Waals surface area contributed by atoms with Gasteiger partial charge in [-0.05, 0) is 18.2 Å². The van der Waals surface area contributed by atoms with Crippen LogP contribution < -0.4 is 22.1 Å². The molecule has 1 aromatic rings. The molecular weight excluding hydrogens is 320 g/mol. The molecule has 23 heavy (non-hydrogen) atoms. The molecule has 0 unspecified atom stereocenters. The molecule has 0 bridgehead atoms. The van der Waals surface area contributed by atoms with Crippen molar-refractivity contribution in [3.8, 4) is 0 Å². The topological polar surface area (TPSA) is 149 Å². The van der Waals surface area contributed by atoms with Crippen LogP contribution in [0.25, 0.3) is 0 Å². The summed E-state index contributed by atoms with van der Waals surface area (Å²) in [6, 6.07) is 4.88. The van der Waals surface area contributed by atoms with Crippen LogP contribution in [0.3, 0.4) is 0 Å². The molecule has 2 rings (SSSR count). The number of rotatable bonds is 3. The zero-order valence-corrected chi connectivity index (χ0v) is 13.6. The van der Waals surface area contributed by atoms with Crippen LogP contribution in [0.1, 0.15) is 0 Å². The van der Waals surface area contributed by atoms with E-state index in [-0.39, 0.29) is 22.5 Å². The zero-order valence-electron chi connectivity index (χ0n) is 12.8. The fourth-order valence-corrected chi connectivity index (χ4v) is 3.01. The molecule has 0 aromatic heterocycles. The van der Waals surface area contributed by atoms with E-state index in [0.717, 1.165) is 11.9 Å². The summed E-state index contributed by atoms with van der Waals surface area (Å²) in [7, 11) is -3.47. The second-order valence-corrected chi connectivity index (χ2v) is 7.01. The zero-order chi connectivity index (χ0) is 17.0. The molecule has 1 heterocycles.